The molecule has 0 saturated heterocycles. The van der Waals surface area contributed by atoms with Crippen molar-refractivity contribution in [1.29, 1.82) is 0 Å². The summed E-state index contributed by atoms with van der Waals surface area (Å²) in [5.41, 5.74) is 1.47. The first-order chi connectivity index (χ1) is 8.36. The van der Waals surface area contributed by atoms with Crippen LogP contribution in [0, 0.1) is 0 Å². The van der Waals surface area contributed by atoms with Crippen LogP contribution in [0.25, 0.3) is 10.9 Å². The number of hydrogen-bond acceptors (Lipinski definition) is 2. The first-order valence-corrected chi connectivity index (χ1v) is 5.39. The van der Waals surface area contributed by atoms with Crippen LogP contribution in [0.1, 0.15) is 10.4 Å². The summed E-state index contributed by atoms with van der Waals surface area (Å²) in [4.78, 5) is 12.2. The maximum atomic E-state index is 12.2. The Morgan fingerprint density at radius 1 is 0.941 bits per heavy atom. The zero-order valence-corrected chi connectivity index (χ0v) is 9.08. The Balaban J connectivity index is 2.14. The van der Waals surface area contributed by atoms with Crippen LogP contribution in [0.2, 0.25) is 0 Å². The van der Waals surface area contributed by atoms with Gasteiger partial charge in [-0.1, -0.05) is 36.4 Å². The fourth-order valence-electron chi connectivity index (χ4n) is 1.84. The number of carbonyl (C=O) groups is 1. The molecule has 0 saturated carbocycles. The number of rotatable bonds is 1. The van der Waals surface area contributed by atoms with Crippen molar-refractivity contribution < 1.29 is 4.79 Å². The number of benzene rings is 2. The molecule has 3 nitrogen and oxygen atoms in total. The molecule has 0 bridgehead atoms. The van der Waals surface area contributed by atoms with Gasteiger partial charge in [0, 0.05) is 10.9 Å². The van der Waals surface area contributed by atoms with E-state index in [1.54, 1.807) is 18.3 Å². The Morgan fingerprint density at radius 2 is 1.65 bits per heavy atom. The summed E-state index contributed by atoms with van der Waals surface area (Å²) in [6.07, 6.45) is 1.70. The van der Waals surface area contributed by atoms with Gasteiger partial charge in [-0.3, -0.25) is 4.79 Å². The molecule has 0 aliphatic rings. The minimum absolute atomic E-state index is 0.105. The standard InChI is InChI=1S/C14H10N2O/c17-14(11-6-2-1-3-7-11)16-13-9-5-4-8-12(13)10-15-16/h1-10H. The average Bonchev–Trinajstić information content (AvgIpc) is 2.83. The fraction of sp³-hybridized carbons (Fsp3) is 0. The van der Waals surface area contributed by atoms with Gasteiger partial charge in [0.2, 0.25) is 0 Å². The van der Waals surface area contributed by atoms with Gasteiger partial charge in [-0.05, 0) is 18.2 Å². The third-order valence-corrected chi connectivity index (χ3v) is 2.69. The van der Waals surface area contributed by atoms with Crippen molar-refractivity contribution in [3.63, 3.8) is 0 Å². The van der Waals surface area contributed by atoms with E-state index >= 15 is 0 Å². The molecule has 3 heteroatoms. The Labute approximate surface area is 98.3 Å². The molecule has 0 unspecified atom stereocenters. The molecule has 82 valence electrons. The van der Waals surface area contributed by atoms with Crippen molar-refractivity contribution in [2.75, 3.05) is 0 Å². The van der Waals surface area contributed by atoms with Crippen LogP contribution in [0.3, 0.4) is 0 Å². The molecule has 0 aliphatic carbocycles. The molecule has 0 amide bonds. The summed E-state index contributed by atoms with van der Waals surface area (Å²) in [6.45, 7) is 0. The molecule has 0 fully saturated rings. The summed E-state index contributed by atoms with van der Waals surface area (Å²) in [7, 11) is 0. The first-order valence-electron chi connectivity index (χ1n) is 5.39. The van der Waals surface area contributed by atoms with Crippen LogP contribution in [0.4, 0.5) is 0 Å². The highest BCUT2D eigenvalue weighted by Crippen LogP contribution is 2.14. The number of aromatic nitrogens is 2. The van der Waals surface area contributed by atoms with E-state index in [2.05, 4.69) is 5.10 Å². The highest BCUT2D eigenvalue weighted by molar-refractivity contribution is 6.00. The van der Waals surface area contributed by atoms with Gasteiger partial charge in [-0.25, -0.2) is 0 Å². The molecular formula is C14H10N2O. The summed E-state index contributed by atoms with van der Waals surface area (Å²) in [6, 6.07) is 16.8. The van der Waals surface area contributed by atoms with Crippen LogP contribution in [0.15, 0.2) is 60.8 Å². The quantitative estimate of drug-likeness (QED) is 0.634. The second-order valence-electron chi connectivity index (χ2n) is 3.79. The van der Waals surface area contributed by atoms with E-state index in [4.69, 9.17) is 0 Å². The second-order valence-corrected chi connectivity index (χ2v) is 3.79. The van der Waals surface area contributed by atoms with E-state index < -0.39 is 0 Å². The van der Waals surface area contributed by atoms with Crippen LogP contribution < -0.4 is 0 Å². The van der Waals surface area contributed by atoms with Crippen LogP contribution >= 0.6 is 0 Å². The molecule has 1 heterocycles. The summed E-state index contributed by atoms with van der Waals surface area (Å²) >= 11 is 0. The molecular weight excluding hydrogens is 212 g/mol. The summed E-state index contributed by atoms with van der Waals surface area (Å²) in [5.74, 6) is -0.105. The summed E-state index contributed by atoms with van der Waals surface area (Å²) < 4.78 is 1.44. The van der Waals surface area contributed by atoms with Gasteiger partial charge in [0.15, 0.2) is 0 Å². The van der Waals surface area contributed by atoms with Gasteiger partial charge in [0.25, 0.3) is 5.91 Å². The predicted octanol–water partition coefficient (Wildman–Crippen LogP) is 2.72. The van der Waals surface area contributed by atoms with E-state index in [1.807, 2.05) is 42.5 Å². The third-order valence-electron chi connectivity index (χ3n) is 2.69. The number of nitrogens with zero attached hydrogens (tertiary/aromatic N) is 2. The SMILES string of the molecule is O=C(c1ccccc1)n1ncc2ccccc21. The fourth-order valence-corrected chi connectivity index (χ4v) is 1.84. The predicted molar refractivity (Wildman–Crippen MR) is 65.9 cm³/mol. The number of hydrogen-bond donors (Lipinski definition) is 0. The van der Waals surface area contributed by atoms with Gasteiger partial charge in [0.05, 0.1) is 11.7 Å². The van der Waals surface area contributed by atoms with Crippen molar-refractivity contribution in [3.8, 4) is 0 Å². The Bertz CT molecular complexity index is 671. The minimum atomic E-state index is -0.105. The van der Waals surface area contributed by atoms with Crippen LogP contribution in [-0.2, 0) is 0 Å². The van der Waals surface area contributed by atoms with Gasteiger partial charge < -0.3 is 0 Å². The largest absolute Gasteiger partial charge is 0.278 e. The van der Waals surface area contributed by atoms with Crippen molar-refractivity contribution in [1.82, 2.24) is 9.78 Å². The molecule has 3 aromatic rings. The van der Waals surface area contributed by atoms with Gasteiger partial charge in [0.1, 0.15) is 0 Å². The normalized spacial score (nSPS) is 10.6. The zero-order chi connectivity index (χ0) is 11.7. The molecule has 0 spiro atoms. The molecule has 3 rings (SSSR count). The highest BCUT2D eigenvalue weighted by atomic mass is 16.2. The molecule has 1 aromatic heterocycles. The van der Waals surface area contributed by atoms with E-state index in [0.29, 0.717) is 5.56 Å². The number of carbonyl (C=O) groups excluding carboxylic acids is 1. The van der Waals surface area contributed by atoms with E-state index in [9.17, 15) is 4.79 Å². The van der Waals surface area contributed by atoms with E-state index in [1.165, 1.54) is 4.68 Å². The smallest absolute Gasteiger partial charge is 0.267 e. The zero-order valence-electron chi connectivity index (χ0n) is 9.08. The summed E-state index contributed by atoms with van der Waals surface area (Å²) in [5, 5.41) is 5.11. The van der Waals surface area contributed by atoms with Crippen LogP contribution in [-0.4, -0.2) is 15.7 Å². The van der Waals surface area contributed by atoms with Gasteiger partial charge >= 0.3 is 0 Å². The molecule has 0 N–H and O–H groups in total. The third kappa shape index (κ3) is 1.61. The monoisotopic (exact) mass is 222 g/mol. The molecule has 17 heavy (non-hydrogen) atoms. The van der Waals surface area contributed by atoms with Crippen molar-refractivity contribution in [3.05, 3.63) is 66.4 Å². The van der Waals surface area contributed by atoms with E-state index in [0.717, 1.165) is 10.9 Å². The first kappa shape index (κ1) is 9.78. The van der Waals surface area contributed by atoms with E-state index in [-0.39, 0.29) is 5.91 Å². The van der Waals surface area contributed by atoms with Gasteiger partial charge in [-0.15, -0.1) is 0 Å². The minimum Gasteiger partial charge on any atom is -0.267 e. The number of fused-ring (bicyclic) bond motifs is 1. The molecule has 2 aromatic carbocycles. The Hall–Kier alpha value is -2.42. The average molecular weight is 222 g/mol. The lowest BCUT2D eigenvalue weighted by molar-refractivity contribution is 0.0950. The molecule has 0 atom stereocenters. The maximum Gasteiger partial charge on any atom is 0.278 e. The Kier molecular flexibility index (Phi) is 2.22. The second kappa shape index (κ2) is 3.87. The van der Waals surface area contributed by atoms with Crippen LogP contribution in [0.5, 0.6) is 0 Å². The lowest BCUT2D eigenvalue weighted by atomic mass is 10.2. The van der Waals surface area contributed by atoms with Crippen molar-refractivity contribution in [2.45, 2.75) is 0 Å². The van der Waals surface area contributed by atoms with Crippen molar-refractivity contribution >= 4 is 16.8 Å². The van der Waals surface area contributed by atoms with Gasteiger partial charge in [-0.2, -0.15) is 9.78 Å². The topological polar surface area (TPSA) is 34.9 Å². The maximum absolute atomic E-state index is 12.2. The molecule has 0 aliphatic heterocycles. The lowest BCUT2D eigenvalue weighted by Gasteiger charge is -2.01. The highest BCUT2D eigenvalue weighted by Gasteiger charge is 2.11. The lowest BCUT2D eigenvalue weighted by Crippen LogP contribution is -2.12. The molecule has 0 radical (unpaired) electrons. The Morgan fingerprint density at radius 3 is 2.47 bits per heavy atom. The number of para-hydroxylation sites is 1. The van der Waals surface area contributed by atoms with Crippen molar-refractivity contribution in [2.24, 2.45) is 0 Å².